The molecule has 0 aromatic rings. The molecule has 0 bridgehead atoms. The molecule has 30 heavy (non-hydrogen) atoms. The highest BCUT2D eigenvalue weighted by Gasteiger charge is 2.46. The van der Waals surface area contributed by atoms with Gasteiger partial charge in [0.05, 0.1) is 18.5 Å². The molecule has 1 N–H and O–H groups in total. The summed E-state index contributed by atoms with van der Waals surface area (Å²) in [4.78, 5) is 41.2. The first-order chi connectivity index (χ1) is 14.4. The number of imide groups is 1. The van der Waals surface area contributed by atoms with E-state index in [0.29, 0.717) is 58.0 Å². The number of hydrogen-bond acceptors (Lipinski definition) is 4. The van der Waals surface area contributed by atoms with Crippen LogP contribution < -0.4 is 5.32 Å². The van der Waals surface area contributed by atoms with Gasteiger partial charge in [-0.25, -0.2) is 13.6 Å². The molecule has 2 aliphatic heterocycles. The quantitative estimate of drug-likeness (QED) is 0.735. The zero-order valence-corrected chi connectivity index (χ0v) is 17.5. The van der Waals surface area contributed by atoms with E-state index < -0.39 is 30.3 Å². The van der Waals surface area contributed by atoms with Crippen molar-refractivity contribution >= 4 is 17.7 Å². The summed E-state index contributed by atoms with van der Waals surface area (Å²) in [6.45, 7) is 2.31. The zero-order valence-electron chi connectivity index (χ0n) is 17.5. The summed E-state index contributed by atoms with van der Waals surface area (Å²) < 4.78 is 27.4. The third kappa shape index (κ3) is 4.68. The van der Waals surface area contributed by atoms with Gasteiger partial charge >= 0.3 is 6.03 Å². The van der Waals surface area contributed by atoms with Gasteiger partial charge in [0.15, 0.2) is 0 Å². The Hall–Kier alpha value is -1.57. The summed E-state index contributed by atoms with van der Waals surface area (Å²) in [5.41, 5.74) is 0. The highest BCUT2D eigenvalue weighted by atomic mass is 19.1. The van der Waals surface area contributed by atoms with E-state index in [1.54, 1.807) is 0 Å². The molecular formula is C22H33F2N3O3. The summed E-state index contributed by atoms with van der Waals surface area (Å²) in [6.07, 6.45) is 3.77. The molecule has 8 heteroatoms. The Morgan fingerprint density at radius 3 is 2.37 bits per heavy atom. The highest BCUT2D eigenvalue weighted by Crippen LogP contribution is 2.32. The molecule has 2 saturated heterocycles. The lowest BCUT2D eigenvalue weighted by Gasteiger charge is -2.43. The molecule has 2 saturated carbocycles. The molecule has 4 aliphatic rings. The second-order valence-corrected chi connectivity index (χ2v) is 9.61. The summed E-state index contributed by atoms with van der Waals surface area (Å²) in [6, 6.07) is -1.14. The van der Waals surface area contributed by atoms with Crippen molar-refractivity contribution in [3.63, 3.8) is 0 Å². The van der Waals surface area contributed by atoms with Gasteiger partial charge in [0.1, 0.15) is 18.1 Å². The number of Topliss-reactive ketones (excluding diaryl/α,β-unsaturated/α-hetero) is 1. The third-order valence-corrected chi connectivity index (χ3v) is 7.58. The van der Waals surface area contributed by atoms with Crippen LogP contribution in [0.25, 0.3) is 0 Å². The lowest BCUT2D eigenvalue weighted by atomic mass is 9.80. The predicted octanol–water partition coefficient (Wildman–Crippen LogP) is 2.85. The molecular weight excluding hydrogens is 392 g/mol. The summed E-state index contributed by atoms with van der Waals surface area (Å²) in [5.74, 6) is -0.257. The number of nitrogens with one attached hydrogen (secondary N) is 1. The van der Waals surface area contributed by atoms with Crippen LogP contribution in [-0.4, -0.2) is 72.1 Å². The Morgan fingerprint density at radius 2 is 1.67 bits per heavy atom. The number of urea groups is 1. The molecule has 0 aromatic carbocycles. The van der Waals surface area contributed by atoms with Gasteiger partial charge in [-0.1, -0.05) is 0 Å². The van der Waals surface area contributed by atoms with Crippen molar-refractivity contribution in [2.24, 2.45) is 17.8 Å². The van der Waals surface area contributed by atoms with Crippen LogP contribution in [0.2, 0.25) is 0 Å². The molecule has 6 nitrogen and oxygen atoms in total. The Balaban J connectivity index is 1.24. The average molecular weight is 426 g/mol. The van der Waals surface area contributed by atoms with Gasteiger partial charge in [0.2, 0.25) is 5.91 Å². The maximum atomic E-state index is 14.1. The van der Waals surface area contributed by atoms with Crippen molar-refractivity contribution in [3.05, 3.63) is 0 Å². The molecule has 168 valence electrons. The standard InChI is InChI=1S/C22H33F2N3O3/c23-16-6-4-15(5-7-16)19(28)13-26-10-8-14(9-11-26)12-27-21(29)17-2-1-3-18(24)20(17)25-22(27)30/h14-18,20H,1-13H2,(H,25,30). The van der Waals surface area contributed by atoms with Crippen LogP contribution in [-0.2, 0) is 9.59 Å². The molecule has 3 atom stereocenters. The number of carbonyl (C=O) groups is 3. The number of halogens is 2. The lowest BCUT2D eigenvalue weighted by molar-refractivity contribution is -0.138. The van der Waals surface area contributed by atoms with E-state index in [-0.39, 0.29) is 23.5 Å². The van der Waals surface area contributed by atoms with E-state index in [9.17, 15) is 23.2 Å². The van der Waals surface area contributed by atoms with Crippen LogP contribution in [0.1, 0.15) is 57.8 Å². The first-order valence-corrected chi connectivity index (χ1v) is 11.6. The number of carbonyl (C=O) groups excluding carboxylic acids is 3. The second-order valence-electron chi connectivity index (χ2n) is 9.61. The number of alkyl halides is 2. The topological polar surface area (TPSA) is 69.7 Å². The van der Waals surface area contributed by atoms with Crippen molar-refractivity contribution in [3.8, 4) is 0 Å². The Labute approximate surface area is 176 Å². The first kappa shape index (κ1) is 21.7. The van der Waals surface area contributed by atoms with E-state index in [0.717, 1.165) is 25.9 Å². The number of ketones is 1. The number of fused-ring (bicyclic) bond motifs is 1. The van der Waals surface area contributed by atoms with Crippen LogP contribution >= 0.6 is 0 Å². The normalized spacial score (nSPS) is 36.3. The van der Waals surface area contributed by atoms with Gasteiger partial charge in [0, 0.05) is 12.5 Å². The smallest absolute Gasteiger partial charge is 0.324 e. The summed E-state index contributed by atoms with van der Waals surface area (Å²) in [7, 11) is 0. The molecule has 4 fully saturated rings. The van der Waals surface area contributed by atoms with E-state index in [2.05, 4.69) is 10.2 Å². The van der Waals surface area contributed by atoms with Crippen molar-refractivity contribution < 1.29 is 23.2 Å². The minimum Gasteiger partial charge on any atom is -0.331 e. The number of piperidine rings is 1. The number of likely N-dealkylation sites (tertiary alicyclic amines) is 1. The van der Waals surface area contributed by atoms with Crippen LogP contribution in [0.3, 0.4) is 0 Å². The maximum Gasteiger partial charge on any atom is 0.324 e. The Morgan fingerprint density at radius 1 is 0.967 bits per heavy atom. The fraction of sp³-hybridized carbons (Fsp3) is 0.864. The fourth-order valence-corrected chi connectivity index (χ4v) is 5.62. The number of hydrogen-bond donors (Lipinski definition) is 1. The van der Waals surface area contributed by atoms with Crippen molar-refractivity contribution in [2.75, 3.05) is 26.2 Å². The van der Waals surface area contributed by atoms with Crippen LogP contribution in [0.5, 0.6) is 0 Å². The minimum absolute atomic E-state index is 0.00726. The monoisotopic (exact) mass is 425 g/mol. The maximum absolute atomic E-state index is 14.1. The molecule has 0 aromatic heterocycles. The highest BCUT2D eigenvalue weighted by molar-refractivity contribution is 5.98. The lowest BCUT2D eigenvalue weighted by Crippen LogP contribution is -2.64. The van der Waals surface area contributed by atoms with Crippen molar-refractivity contribution in [1.82, 2.24) is 15.1 Å². The Kier molecular flexibility index (Phi) is 6.70. The summed E-state index contributed by atoms with van der Waals surface area (Å²) >= 11 is 0. The van der Waals surface area contributed by atoms with Crippen molar-refractivity contribution in [1.29, 1.82) is 0 Å². The predicted molar refractivity (Wildman–Crippen MR) is 107 cm³/mol. The molecule has 3 unspecified atom stereocenters. The van der Waals surface area contributed by atoms with Gasteiger partial charge < -0.3 is 5.32 Å². The number of rotatable bonds is 5. The van der Waals surface area contributed by atoms with Crippen molar-refractivity contribution in [2.45, 2.75) is 76.2 Å². The number of amides is 3. The third-order valence-electron chi connectivity index (χ3n) is 7.58. The molecule has 0 spiro atoms. The minimum atomic E-state index is -1.14. The molecule has 3 amide bonds. The summed E-state index contributed by atoms with van der Waals surface area (Å²) in [5, 5.41) is 2.72. The molecule has 2 aliphatic carbocycles. The van der Waals surface area contributed by atoms with Gasteiger partial charge in [-0.15, -0.1) is 0 Å². The molecule has 2 heterocycles. The largest absolute Gasteiger partial charge is 0.331 e. The SMILES string of the molecule is O=C(CN1CCC(CN2C(=O)NC3C(F)CCCC3C2=O)CC1)C1CCC(F)CC1. The van der Waals surface area contributed by atoms with E-state index in [4.69, 9.17) is 0 Å². The van der Waals surface area contributed by atoms with Gasteiger partial charge in [0.25, 0.3) is 0 Å². The van der Waals surface area contributed by atoms with E-state index in [1.165, 1.54) is 4.90 Å². The second kappa shape index (κ2) is 9.28. The average Bonchev–Trinajstić information content (AvgIpc) is 2.73. The first-order valence-electron chi connectivity index (χ1n) is 11.6. The van der Waals surface area contributed by atoms with Crippen LogP contribution in [0.15, 0.2) is 0 Å². The van der Waals surface area contributed by atoms with Gasteiger partial charge in [-0.05, 0) is 76.8 Å². The van der Waals surface area contributed by atoms with Crippen LogP contribution in [0, 0.1) is 17.8 Å². The molecule has 4 rings (SSSR count). The fourth-order valence-electron chi connectivity index (χ4n) is 5.62. The zero-order chi connectivity index (χ0) is 21.3. The number of nitrogens with zero attached hydrogens (tertiary/aromatic N) is 2. The Bertz CT molecular complexity index is 660. The van der Waals surface area contributed by atoms with E-state index in [1.807, 2.05) is 0 Å². The van der Waals surface area contributed by atoms with Gasteiger partial charge in [-0.2, -0.15) is 0 Å². The van der Waals surface area contributed by atoms with E-state index >= 15 is 0 Å². The van der Waals surface area contributed by atoms with Gasteiger partial charge in [-0.3, -0.25) is 19.4 Å². The molecule has 0 radical (unpaired) electrons. The van der Waals surface area contributed by atoms with Crippen LogP contribution in [0.4, 0.5) is 13.6 Å².